The molecule has 2 unspecified atom stereocenters. The molecule has 16 heavy (non-hydrogen) atoms. The summed E-state index contributed by atoms with van der Waals surface area (Å²) in [4.78, 5) is 19.0. The predicted octanol–water partition coefficient (Wildman–Crippen LogP) is 3.13. The van der Waals surface area contributed by atoms with Crippen LogP contribution in [0, 0.1) is 12.8 Å². The van der Waals surface area contributed by atoms with Crippen LogP contribution in [0.2, 0.25) is 0 Å². The Bertz CT molecular complexity index is 441. The molecule has 1 aromatic rings. The van der Waals surface area contributed by atoms with Crippen molar-refractivity contribution in [2.24, 2.45) is 5.92 Å². The van der Waals surface area contributed by atoms with E-state index in [0.29, 0.717) is 10.4 Å². The maximum atomic E-state index is 11.6. The summed E-state index contributed by atoms with van der Waals surface area (Å²) in [6, 6.07) is 0. The Kier molecular flexibility index (Phi) is 3.47. The van der Waals surface area contributed by atoms with Crippen LogP contribution in [0.5, 0.6) is 0 Å². The molecular formula is C12H17BrN2O. The van der Waals surface area contributed by atoms with Crippen LogP contribution in [0.4, 0.5) is 0 Å². The Morgan fingerprint density at radius 2 is 2.25 bits per heavy atom. The van der Waals surface area contributed by atoms with Gasteiger partial charge in [-0.3, -0.25) is 4.79 Å². The lowest BCUT2D eigenvalue weighted by Gasteiger charge is -2.10. The minimum absolute atomic E-state index is 0.0533. The van der Waals surface area contributed by atoms with E-state index < -0.39 is 0 Å². The second-order valence-electron chi connectivity index (χ2n) is 4.63. The van der Waals surface area contributed by atoms with Crippen LogP contribution in [0.15, 0.2) is 9.27 Å². The minimum atomic E-state index is -0.0533. The zero-order valence-corrected chi connectivity index (χ0v) is 11.3. The number of nitrogens with one attached hydrogen (secondary N) is 1. The van der Waals surface area contributed by atoms with Gasteiger partial charge in [-0.05, 0) is 48.0 Å². The monoisotopic (exact) mass is 284 g/mol. The quantitative estimate of drug-likeness (QED) is 0.907. The van der Waals surface area contributed by atoms with Crippen LogP contribution < -0.4 is 5.56 Å². The third kappa shape index (κ3) is 2.21. The van der Waals surface area contributed by atoms with Crippen LogP contribution in [0.3, 0.4) is 0 Å². The van der Waals surface area contributed by atoms with Gasteiger partial charge in [0.2, 0.25) is 0 Å². The van der Waals surface area contributed by atoms with Crippen LogP contribution >= 0.6 is 15.9 Å². The molecule has 4 heteroatoms. The van der Waals surface area contributed by atoms with Crippen LogP contribution in [-0.2, 0) is 0 Å². The number of halogens is 1. The first-order valence-corrected chi connectivity index (χ1v) is 6.67. The smallest absolute Gasteiger partial charge is 0.265 e. The van der Waals surface area contributed by atoms with Crippen LogP contribution in [-0.4, -0.2) is 9.97 Å². The van der Waals surface area contributed by atoms with E-state index in [1.807, 2.05) is 6.92 Å². The van der Waals surface area contributed by atoms with Gasteiger partial charge in [-0.15, -0.1) is 0 Å². The SMILES string of the molecule is CCC1CCC(c2nc(C)c(Br)c(=O)[nH]2)C1. The van der Waals surface area contributed by atoms with Gasteiger partial charge in [0.1, 0.15) is 10.3 Å². The number of hydrogen-bond donors (Lipinski definition) is 1. The average molecular weight is 285 g/mol. The lowest BCUT2D eigenvalue weighted by Crippen LogP contribution is -2.16. The van der Waals surface area contributed by atoms with Crippen molar-refractivity contribution in [2.75, 3.05) is 0 Å². The topological polar surface area (TPSA) is 45.8 Å². The first-order valence-electron chi connectivity index (χ1n) is 5.88. The minimum Gasteiger partial charge on any atom is -0.309 e. The maximum Gasteiger partial charge on any atom is 0.265 e. The molecule has 3 nitrogen and oxygen atoms in total. The van der Waals surface area contributed by atoms with Gasteiger partial charge in [0, 0.05) is 5.92 Å². The van der Waals surface area contributed by atoms with Gasteiger partial charge in [-0.1, -0.05) is 13.3 Å². The van der Waals surface area contributed by atoms with Crippen molar-refractivity contribution in [3.63, 3.8) is 0 Å². The van der Waals surface area contributed by atoms with E-state index in [2.05, 4.69) is 32.8 Å². The van der Waals surface area contributed by atoms with Crippen molar-refractivity contribution < 1.29 is 0 Å². The molecule has 0 amide bonds. The summed E-state index contributed by atoms with van der Waals surface area (Å²) in [5.41, 5.74) is 0.737. The van der Waals surface area contributed by atoms with Gasteiger partial charge < -0.3 is 4.98 Å². The summed E-state index contributed by atoms with van der Waals surface area (Å²) in [5, 5.41) is 0. The first-order chi connectivity index (χ1) is 7.61. The van der Waals surface area contributed by atoms with Crippen LogP contribution in [0.1, 0.15) is 50.0 Å². The van der Waals surface area contributed by atoms with Gasteiger partial charge in [0.05, 0.1) is 5.69 Å². The largest absolute Gasteiger partial charge is 0.309 e. The number of aromatic nitrogens is 2. The molecule has 1 saturated carbocycles. The lowest BCUT2D eigenvalue weighted by atomic mass is 10.0. The fourth-order valence-electron chi connectivity index (χ4n) is 2.48. The number of aryl methyl sites for hydroxylation is 1. The van der Waals surface area contributed by atoms with E-state index in [-0.39, 0.29) is 5.56 Å². The molecule has 0 radical (unpaired) electrons. The van der Waals surface area contributed by atoms with Gasteiger partial charge >= 0.3 is 0 Å². The molecule has 1 aliphatic carbocycles. The van der Waals surface area contributed by atoms with Crippen molar-refractivity contribution in [2.45, 2.75) is 45.4 Å². The van der Waals surface area contributed by atoms with Gasteiger partial charge in [-0.25, -0.2) is 4.98 Å². The molecule has 1 fully saturated rings. The molecule has 1 aliphatic rings. The fraction of sp³-hybridized carbons (Fsp3) is 0.667. The Balaban J connectivity index is 2.26. The molecule has 0 aliphatic heterocycles. The Hall–Kier alpha value is -0.640. The Labute approximate surface area is 104 Å². The Morgan fingerprint density at radius 1 is 1.50 bits per heavy atom. The van der Waals surface area contributed by atoms with Crippen molar-refractivity contribution in [3.8, 4) is 0 Å². The highest BCUT2D eigenvalue weighted by molar-refractivity contribution is 9.10. The van der Waals surface area contributed by atoms with E-state index in [1.54, 1.807) is 0 Å². The van der Waals surface area contributed by atoms with Gasteiger partial charge in [-0.2, -0.15) is 0 Å². The van der Waals surface area contributed by atoms with Crippen LogP contribution in [0.25, 0.3) is 0 Å². The maximum absolute atomic E-state index is 11.6. The molecule has 1 heterocycles. The summed E-state index contributed by atoms with van der Waals surface area (Å²) >= 11 is 3.24. The predicted molar refractivity (Wildman–Crippen MR) is 67.7 cm³/mol. The summed E-state index contributed by atoms with van der Waals surface area (Å²) in [6.07, 6.45) is 4.82. The van der Waals surface area contributed by atoms with Crippen molar-refractivity contribution in [1.82, 2.24) is 9.97 Å². The number of H-pyrrole nitrogens is 1. The molecule has 1 aromatic heterocycles. The van der Waals surface area contributed by atoms with E-state index in [4.69, 9.17) is 0 Å². The number of aromatic amines is 1. The standard InChI is InChI=1S/C12H17BrN2O/c1-3-8-4-5-9(6-8)11-14-7(2)10(13)12(16)15-11/h8-9H,3-6H2,1-2H3,(H,14,15,16). The zero-order chi connectivity index (χ0) is 11.7. The van der Waals surface area contributed by atoms with Crippen molar-refractivity contribution >= 4 is 15.9 Å². The van der Waals surface area contributed by atoms with E-state index in [9.17, 15) is 4.79 Å². The summed E-state index contributed by atoms with van der Waals surface area (Å²) in [6.45, 7) is 4.10. The number of nitrogens with zero attached hydrogens (tertiary/aromatic N) is 1. The second-order valence-corrected chi connectivity index (χ2v) is 5.43. The Morgan fingerprint density at radius 3 is 2.81 bits per heavy atom. The highest BCUT2D eigenvalue weighted by atomic mass is 79.9. The summed E-state index contributed by atoms with van der Waals surface area (Å²) in [5.74, 6) is 2.13. The van der Waals surface area contributed by atoms with Crippen molar-refractivity contribution in [3.05, 3.63) is 26.3 Å². The van der Waals surface area contributed by atoms with Crippen molar-refractivity contribution in [1.29, 1.82) is 0 Å². The van der Waals surface area contributed by atoms with E-state index in [1.165, 1.54) is 19.3 Å². The third-order valence-corrected chi connectivity index (χ3v) is 4.49. The fourth-order valence-corrected chi connectivity index (χ4v) is 2.67. The van der Waals surface area contributed by atoms with Gasteiger partial charge in [0.15, 0.2) is 0 Å². The lowest BCUT2D eigenvalue weighted by molar-refractivity contribution is 0.516. The second kappa shape index (κ2) is 4.70. The third-order valence-electron chi connectivity index (χ3n) is 3.55. The highest BCUT2D eigenvalue weighted by Gasteiger charge is 2.26. The highest BCUT2D eigenvalue weighted by Crippen LogP contribution is 2.38. The summed E-state index contributed by atoms with van der Waals surface area (Å²) < 4.78 is 0.557. The number of hydrogen-bond acceptors (Lipinski definition) is 2. The number of rotatable bonds is 2. The molecule has 0 saturated heterocycles. The molecular weight excluding hydrogens is 268 g/mol. The first kappa shape index (κ1) is 11.8. The van der Waals surface area contributed by atoms with Gasteiger partial charge in [0.25, 0.3) is 5.56 Å². The molecule has 2 rings (SSSR count). The molecule has 1 N–H and O–H groups in total. The van der Waals surface area contributed by atoms with E-state index >= 15 is 0 Å². The summed E-state index contributed by atoms with van der Waals surface area (Å²) in [7, 11) is 0. The molecule has 0 spiro atoms. The molecule has 0 aromatic carbocycles. The molecule has 2 atom stereocenters. The molecule has 88 valence electrons. The van der Waals surface area contributed by atoms with E-state index in [0.717, 1.165) is 23.9 Å². The normalized spacial score (nSPS) is 24.9. The molecule has 0 bridgehead atoms. The zero-order valence-electron chi connectivity index (χ0n) is 9.72. The average Bonchev–Trinajstić information content (AvgIpc) is 2.73.